The number of rotatable bonds is 3. The van der Waals surface area contributed by atoms with Crippen LogP contribution in [0.1, 0.15) is 0 Å². The van der Waals surface area contributed by atoms with Gasteiger partial charge in [0.05, 0.1) is 12.5 Å². The normalized spacial score (nSPS) is 10.4. The second kappa shape index (κ2) is 5.09. The van der Waals surface area contributed by atoms with Gasteiger partial charge in [-0.15, -0.1) is 0 Å². The summed E-state index contributed by atoms with van der Waals surface area (Å²) in [7, 11) is 1.59. The highest BCUT2D eigenvalue weighted by atomic mass is 16.5. The molecule has 1 aromatic heterocycles. The van der Waals surface area contributed by atoms with E-state index < -0.39 is 0 Å². The lowest BCUT2D eigenvalue weighted by Gasteiger charge is -2.06. The minimum Gasteiger partial charge on any atom is -0.497 e. The van der Waals surface area contributed by atoms with E-state index in [1.165, 1.54) is 6.26 Å². The molecule has 0 unspecified atom stereocenters. The fraction of sp³-hybridized carbons (Fsp3) is 0.0625. The average molecular weight is 268 g/mol. The monoisotopic (exact) mass is 268 g/mol. The van der Waals surface area contributed by atoms with Gasteiger partial charge in [-0.05, 0) is 36.4 Å². The van der Waals surface area contributed by atoms with Crippen LogP contribution in [-0.4, -0.2) is 7.11 Å². The quantitative estimate of drug-likeness (QED) is 0.728. The van der Waals surface area contributed by atoms with E-state index in [1.54, 1.807) is 49.6 Å². The molecular weight excluding hydrogens is 256 g/mol. The number of fused-ring (bicyclic) bond motifs is 1. The van der Waals surface area contributed by atoms with Gasteiger partial charge in [0.15, 0.2) is 0 Å². The van der Waals surface area contributed by atoms with Crippen LogP contribution >= 0.6 is 0 Å². The number of ether oxygens (including phenoxy) is 2. The lowest BCUT2D eigenvalue weighted by molar-refractivity contribution is 0.412. The van der Waals surface area contributed by atoms with Crippen molar-refractivity contribution in [3.8, 4) is 17.2 Å². The maximum absolute atomic E-state index is 12.2. The number of benzene rings is 2. The second-order valence-corrected chi connectivity index (χ2v) is 4.20. The highest BCUT2D eigenvalue weighted by molar-refractivity contribution is 5.77. The van der Waals surface area contributed by atoms with E-state index in [1.807, 2.05) is 6.07 Å². The molecule has 0 atom stereocenters. The smallest absolute Gasteiger partial charge is 0.235 e. The minimum atomic E-state index is -0.192. The molecule has 100 valence electrons. The Bertz CT molecular complexity index is 787. The first-order chi connectivity index (χ1) is 9.78. The summed E-state index contributed by atoms with van der Waals surface area (Å²) in [5, 5.41) is 0.499. The summed E-state index contributed by atoms with van der Waals surface area (Å²) in [6.45, 7) is 0. The van der Waals surface area contributed by atoms with Crippen molar-refractivity contribution in [2.75, 3.05) is 7.11 Å². The zero-order valence-electron chi connectivity index (χ0n) is 10.8. The third-order valence-corrected chi connectivity index (χ3v) is 2.94. The number of methoxy groups -OCH3 is 1. The molecule has 0 aliphatic rings. The van der Waals surface area contributed by atoms with E-state index in [0.717, 1.165) is 5.75 Å². The zero-order valence-corrected chi connectivity index (χ0v) is 10.8. The van der Waals surface area contributed by atoms with Crippen LogP contribution < -0.4 is 14.9 Å². The van der Waals surface area contributed by atoms with E-state index in [9.17, 15) is 4.79 Å². The summed E-state index contributed by atoms with van der Waals surface area (Å²) in [5.74, 6) is 1.44. The molecule has 0 spiro atoms. The summed E-state index contributed by atoms with van der Waals surface area (Å²) in [6.07, 6.45) is 1.33. The Hall–Kier alpha value is -2.75. The molecule has 0 saturated heterocycles. The van der Waals surface area contributed by atoms with E-state index in [4.69, 9.17) is 13.9 Å². The van der Waals surface area contributed by atoms with Gasteiger partial charge in [0.25, 0.3) is 0 Å². The van der Waals surface area contributed by atoms with Gasteiger partial charge in [-0.25, -0.2) is 0 Å². The zero-order chi connectivity index (χ0) is 13.9. The highest BCUT2D eigenvalue weighted by Crippen LogP contribution is 2.23. The van der Waals surface area contributed by atoms with Gasteiger partial charge in [0.2, 0.25) is 11.2 Å². The maximum atomic E-state index is 12.2. The summed E-state index contributed by atoms with van der Waals surface area (Å²) in [4.78, 5) is 12.2. The molecule has 3 rings (SSSR count). The fourth-order valence-corrected chi connectivity index (χ4v) is 1.90. The molecule has 0 saturated carbocycles. The van der Waals surface area contributed by atoms with Crippen molar-refractivity contribution in [3.05, 3.63) is 65.0 Å². The van der Waals surface area contributed by atoms with Crippen LogP contribution in [-0.2, 0) is 0 Å². The van der Waals surface area contributed by atoms with Gasteiger partial charge in [-0.3, -0.25) is 4.79 Å². The lowest BCUT2D eigenvalue weighted by Crippen LogP contribution is -2.04. The third-order valence-electron chi connectivity index (χ3n) is 2.94. The molecule has 0 N–H and O–H groups in total. The van der Waals surface area contributed by atoms with Crippen LogP contribution in [0.5, 0.6) is 17.2 Å². The predicted molar refractivity (Wildman–Crippen MR) is 75.6 cm³/mol. The largest absolute Gasteiger partial charge is 0.497 e. The van der Waals surface area contributed by atoms with Crippen molar-refractivity contribution in [2.45, 2.75) is 0 Å². The fourth-order valence-electron chi connectivity index (χ4n) is 1.90. The first kappa shape index (κ1) is 12.3. The van der Waals surface area contributed by atoms with Crippen LogP contribution in [0, 0.1) is 0 Å². The van der Waals surface area contributed by atoms with Crippen molar-refractivity contribution in [1.82, 2.24) is 0 Å². The molecule has 20 heavy (non-hydrogen) atoms. The second-order valence-electron chi connectivity index (χ2n) is 4.20. The average Bonchev–Trinajstić information content (AvgIpc) is 2.51. The van der Waals surface area contributed by atoms with Crippen molar-refractivity contribution < 1.29 is 13.9 Å². The Morgan fingerprint density at radius 3 is 2.40 bits per heavy atom. The molecule has 1 heterocycles. The Labute approximate surface area is 115 Å². The van der Waals surface area contributed by atoms with E-state index in [0.29, 0.717) is 16.7 Å². The van der Waals surface area contributed by atoms with Gasteiger partial charge in [-0.2, -0.15) is 0 Å². The first-order valence-corrected chi connectivity index (χ1v) is 6.10. The van der Waals surface area contributed by atoms with E-state index >= 15 is 0 Å². The van der Waals surface area contributed by atoms with Crippen LogP contribution in [0.3, 0.4) is 0 Å². The molecule has 2 aromatic carbocycles. The topological polar surface area (TPSA) is 48.7 Å². The van der Waals surface area contributed by atoms with Crippen LogP contribution in [0.4, 0.5) is 0 Å². The summed E-state index contributed by atoms with van der Waals surface area (Å²) in [5.41, 5.74) is 0.349. The van der Waals surface area contributed by atoms with Gasteiger partial charge in [-0.1, -0.05) is 12.1 Å². The Balaban J connectivity index is 1.98. The van der Waals surface area contributed by atoms with Crippen molar-refractivity contribution in [3.63, 3.8) is 0 Å². The molecule has 4 nitrogen and oxygen atoms in total. The Kier molecular flexibility index (Phi) is 3.13. The van der Waals surface area contributed by atoms with Crippen LogP contribution in [0.2, 0.25) is 0 Å². The number of hydrogen-bond acceptors (Lipinski definition) is 4. The summed E-state index contributed by atoms with van der Waals surface area (Å²) < 4.78 is 16.0. The van der Waals surface area contributed by atoms with Gasteiger partial charge in [0, 0.05) is 0 Å². The molecule has 4 heteroatoms. The molecule has 0 aliphatic heterocycles. The van der Waals surface area contributed by atoms with Crippen molar-refractivity contribution in [2.24, 2.45) is 0 Å². The van der Waals surface area contributed by atoms with Gasteiger partial charge < -0.3 is 13.9 Å². The Morgan fingerprint density at radius 1 is 0.950 bits per heavy atom. The van der Waals surface area contributed by atoms with Gasteiger partial charge in [0.1, 0.15) is 23.3 Å². The summed E-state index contributed by atoms with van der Waals surface area (Å²) >= 11 is 0. The summed E-state index contributed by atoms with van der Waals surface area (Å²) in [6, 6.07) is 14.0. The van der Waals surface area contributed by atoms with E-state index in [2.05, 4.69) is 0 Å². The lowest BCUT2D eigenvalue weighted by atomic mass is 10.2. The van der Waals surface area contributed by atoms with Crippen molar-refractivity contribution in [1.29, 1.82) is 0 Å². The molecule has 0 bridgehead atoms. The molecule has 0 radical (unpaired) electrons. The molecule has 0 aliphatic carbocycles. The molecule has 0 fully saturated rings. The van der Waals surface area contributed by atoms with Crippen LogP contribution in [0.15, 0.2) is 64.0 Å². The highest BCUT2D eigenvalue weighted by Gasteiger charge is 2.08. The van der Waals surface area contributed by atoms with Gasteiger partial charge >= 0.3 is 0 Å². The van der Waals surface area contributed by atoms with E-state index in [-0.39, 0.29) is 11.2 Å². The SMILES string of the molecule is COc1ccc(Oc2coc3ccccc3c2=O)cc1. The number of hydrogen-bond donors (Lipinski definition) is 0. The van der Waals surface area contributed by atoms with Crippen LogP contribution in [0.25, 0.3) is 11.0 Å². The molecular formula is C16H12O4. The minimum absolute atomic E-state index is 0.161. The maximum Gasteiger partial charge on any atom is 0.235 e. The number of para-hydroxylation sites is 1. The first-order valence-electron chi connectivity index (χ1n) is 6.10. The standard InChI is InChI=1S/C16H12O4/c1-18-11-6-8-12(9-7-11)20-15-10-19-14-5-3-2-4-13(14)16(15)17/h2-10H,1H3. The molecule has 3 aromatic rings. The molecule has 0 amide bonds. The third kappa shape index (κ3) is 2.23. The Morgan fingerprint density at radius 2 is 1.65 bits per heavy atom. The predicted octanol–water partition coefficient (Wildman–Crippen LogP) is 3.59. The van der Waals surface area contributed by atoms with Crippen molar-refractivity contribution >= 4 is 11.0 Å².